The Hall–Kier alpha value is -1.41. The first-order chi connectivity index (χ1) is 7.76. The second-order valence-electron chi connectivity index (χ2n) is 3.31. The molecule has 0 radical (unpaired) electrons. The first-order valence-electron chi connectivity index (χ1n) is 4.73. The summed E-state index contributed by atoms with van der Waals surface area (Å²) < 4.78 is 0.854. The van der Waals surface area contributed by atoms with Gasteiger partial charge in [0.1, 0.15) is 6.04 Å². The van der Waals surface area contributed by atoms with Crippen molar-refractivity contribution >= 4 is 26.8 Å². The molecule has 16 heavy (non-hydrogen) atoms. The molecule has 80 valence electrons. The predicted molar refractivity (Wildman–Crippen MR) is 68.3 cm³/mol. The molecule has 0 aliphatic heterocycles. The molecule has 4 heteroatoms. The number of aromatic nitrogens is 1. The summed E-state index contributed by atoms with van der Waals surface area (Å²) >= 11 is 3.45. The SMILES string of the molecule is C#CC(NN)c1nc2ccccc2cc1Br. The van der Waals surface area contributed by atoms with E-state index in [0.29, 0.717) is 0 Å². The van der Waals surface area contributed by atoms with Gasteiger partial charge in [0.2, 0.25) is 0 Å². The Morgan fingerprint density at radius 3 is 2.88 bits per heavy atom. The summed E-state index contributed by atoms with van der Waals surface area (Å²) in [7, 11) is 0. The van der Waals surface area contributed by atoms with Gasteiger partial charge < -0.3 is 0 Å². The van der Waals surface area contributed by atoms with Crippen molar-refractivity contribution in [2.45, 2.75) is 6.04 Å². The summed E-state index contributed by atoms with van der Waals surface area (Å²) in [5.74, 6) is 7.92. The first-order valence-corrected chi connectivity index (χ1v) is 5.53. The van der Waals surface area contributed by atoms with Crippen molar-refractivity contribution in [1.82, 2.24) is 10.4 Å². The third kappa shape index (κ3) is 1.93. The molecule has 1 heterocycles. The zero-order valence-corrected chi connectivity index (χ0v) is 10.0. The van der Waals surface area contributed by atoms with E-state index in [9.17, 15) is 0 Å². The fourth-order valence-electron chi connectivity index (χ4n) is 1.51. The smallest absolute Gasteiger partial charge is 0.125 e. The Balaban J connectivity index is 2.63. The van der Waals surface area contributed by atoms with Crippen LogP contribution in [0.25, 0.3) is 10.9 Å². The van der Waals surface area contributed by atoms with E-state index in [1.54, 1.807) is 0 Å². The number of hydrogen-bond acceptors (Lipinski definition) is 3. The van der Waals surface area contributed by atoms with Gasteiger partial charge in [-0.2, -0.15) is 0 Å². The summed E-state index contributed by atoms with van der Waals surface area (Å²) in [5.41, 5.74) is 4.17. The van der Waals surface area contributed by atoms with Crippen LogP contribution in [0.3, 0.4) is 0 Å². The lowest BCUT2D eigenvalue weighted by Crippen LogP contribution is -2.27. The number of pyridine rings is 1. The highest BCUT2D eigenvalue weighted by Gasteiger charge is 2.12. The Morgan fingerprint density at radius 2 is 2.19 bits per heavy atom. The third-order valence-electron chi connectivity index (χ3n) is 2.31. The van der Waals surface area contributed by atoms with E-state index < -0.39 is 0 Å². The van der Waals surface area contributed by atoms with Crippen LogP contribution in [0, 0.1) is 12.3 Å². The lowest BCUT2D eigenvalue weighted by atomic mass is 10.1. The molecule has 0 fully saturated rings. The molecule has 0 aliphatic carbocycles. The summed E-state index contributed by atoms with van der Waals surface area (Å²) in [5, 5.41) is 1.06. The number of para-hydroxylation sites is 1. The largest absolute Gasteiger partial charge is 0.270 e. The minimum atomic E-state index is -0.390. The van der Waals surface area contributed by atoms with Crippen molar-refractivity contribution < 1.29 is 0 Å². The third-order valence-corrected chi connectivity index (χ3v) is 2.95. The number of rotatable bonds is 2. The molecule has 0 aliphatic rings. The van der Waals surface area contributed by atoms with Crippen molar-refractivity contribution in [2.75, 3.05) is 0 Å². The highest BCUT2D eigenvalue weighted by atomic mass is 79.9. The van der Waals surface area contributed by atoms with Crippen molar-refractivity contribution in [3.05, 3.63) is 40.5 Å². The molecule has 3 N–H and O–H groups in total. The van der Waals surface area contributed by atoms with Crippen LogP contribution in [0.5, 0.6) is 0 Å². The van der Waals surface area contributed by atoms with Gasteiger partial charge in [-0.05, 0) is 28.1 Å². The molecule has 1 atom stereocenters. The quantitative estimate of drug-likeness (QED) is 0.502. The summed E-state index contributed by atoms with van der Waals surface area (Å²) in [6.45, 7) is 0. The van der Waals surface area contributed by atoms with Gasteiger partial charge in [0.25, 0.3) is 0 Å². The number of hydrogen-bond donors (Lipinski definition) is 2. The maximum atomic E-state index is 5.37. The monoisotopic (exact) mass is 275 g/mol. The molecule has 3 nitrogen and oxygen atoms in total. The average molecular weight is 276 g/mol. The minimum Gasteiger partial charge on any atom is -0.270 e. The fraction of sp³-hybridized carbons (Fsp3) is 0.0833. The normalized spacial score (nSPS) is 12.3. The van der Waals surface area contributed by atoms with Crippen LogP contribution in [-0.2, 0) is 0 Å². The molecule has 1 unspecified atom stereocenters. The molecule has 1 aromatic carbocycles. The van der Waals surface area contributed by atoms with Crippen molar-refractivity contribution in [1.29, 1.82) is 0 Å². The number of nitrogens with zero attached hydrogens (tertiary/aromatic N) is 1. The maximum Gasteiger partial charge on any atom is 0.125 e. The molecular formula is C12H10BrN3. The molecule has 1 aromatic heterocycles. The van der Waals surface area contributed by atoms with Crippen LogP contribution in [0.4, 0.5) is 0 Å². The van der Waals surface area contributed by atoms with Crippen LogP contribution < -0.4 is 11.3 Å². The number of fused-ring (bicyclic) bond motifs is 1. The van der Waals surface area contributed by atoms with Gasteiger partial charge in [0.05, 0.1) is 11.2 Å². The van der Waals surface area contributed by atoms with E-state index in [0.717, 1.165) is 21.1 Å². The molecule has 0 amide bonds. The molecule has 0 saturated heterocycles. The van der Waals surface area contributed by atoms with Gasteiger partial charge in [-0.3, -0.25) is 5.84 Å². The number of terminal acetylenes is 1. The molecule has 2 rings (SSSR count). The van der Waals surface area contributed by atoms with Gasteiger partial charge in [-0.15, -0.1) is 6.42 Å². The second-order valence-corrected chi connectivity index (χ2v) is 4.17. The van der Waals surface area contributed by atoms with Gasteiger partial charge in [0, 0.05) is 9.86 Å². The zero-order chi connectivity index (χ0) is 11.5. The van der Waals surface area contributed by atoms with E-state index in [2.05, 4.69) is 32.3 Å². The summed E-state index contributed by atoms with van der Waals surface area (Å²) in [6, 6.07) is 9.44. The highest BCUT2D eigenvalue weighted by molar-refractivity contribution is 9.10. The number of benzene rings is 1. The van der Waals surface area contributed by atoms with Crippen LogP contribution in [0.15, 0.2) is 34.8 Å². The summed E-state index contributed by atoms with van der Waals surface area (Å²) in [4.78, 5) is 4.48. The van der Waals surface area contributed by atoms with Gasteiger partial charge >= 0.3 is 0 Å². The molecular weight excluding hydrogens is 266 g/mol. The van der Waals surface area contributed by atoms with E-state index >= 15 is 0 Å². The number of hydrazine groups is 1. The Labute approximate surface area is 102 Å². The van der Waals surface area contributed by atoms with Crippen molar-refractivity contribution in [3.63, 3.8) is 0 Å². The number of nitrogens with two attached hydrogens (primary N) is 1. The van der Waals surface area contributed by atoms with Crippen LogP contribution >= 0.6 is 15.9 Å². The standard InChI is InChI=1S/C12H10BrN3/c1-2-10(16-14)12-9(13)7-8-5-3-4-6-11(8)15-12/h1,3-7,10,16H,14H2. The van der Waals surface area contributed by atoms with E-state index in [1.807, 2.05) is 30.3 Å². The topological polar surface area (TPSA) is 50.9 Å². The molecule has 0 saturated carbocycles. The summed E-state index contributed by atoms with van der Waals surface area (Å²) in [6.07, 6.45) is 5.37. The Bertz CT molecular complexity index is 560. The van der Waals surface area contributed by atoms with Gasteiger partial charge in [-0.1, -0.05) is 24.1 Å². The Kier molecular flexibility index (Phi) is 3.20. The first kappa shape index (κ1) is 11.1. The predicted octanol–water partition coefficient (Wildman–Crippen LogP) is 2.13. The molecule has 2 aromatic rings. The Morgan fingerprint density at radius 1 is 1.44 bits per heavy atom. The van der Waals surface area contributed by atoms with Crippen molar-refractivity contribution in [2.24, 2.45) is 5.84 Å². The minimum absolute atomic E-state index is 0.390. The molecule has 0 bridgehead atoms. The highest BCUT2D eigenvalue weighted by Crippen LogP contribution is 2.25. The fourth-order valence-corrected chi connectivity index (χ4v) is 2.08. The lowest BCUT2D eigenvalue weighted by Gasteiger charge is -2.11. The number of halogens is 1. The van der Waals surface area contributed by atoms with Gasteiger partial charge in [-0.25, -0.2) is 10.4 Å². The second kappa shape index (κ2) is 4.62. The maximum absolute atomic E-state index is 5.37. The zero-order valence-electron chi connectivity index (χ0n) is 8.44. The van der Waals surface area contributed by atoms with Crippen molar-refractivity contribution in [3.8, 4) is 12.3 Å². The lowest BCUT2D eigenvalue weighted by molar-refractivity contribution is 0.656. The number of nitrogens with one attached hydrogen (secondary N) is 1. The average Bonchev–Trinajstić information content (AvgIpc) is 2.31. The van der Waals surface area contributed by atoms with E-state index in [1.165, 1.54) is 0 Å². The van der Waals surface area contributed by atoms with E-state index in [4.69, 9.17) is 12.3 Å². The van der Waals surface area contributed by atoms with E-state index in [-0.39, 0.29) is 6.04 Å². The van der Waals surface area contributed by atoms with Crippen LogP contribution in [-0.4, -0.2) is 4.98 Å². The van der Waals surface area contributed by atoms with Crippen LogP contribution in [0.2, 0.25) is 0 Å². The van der Waals surface area contributed by atoms with Gasteiger partial charge in [0.15, 0.2) is 0 Å². The van der Waals surface area contributed by atoms with Crippen LogP contribution in [0.1, 0.15) is 11.7 Å². The molecule has 0 spiro atoms.